The Labute approximate surface area is 156 Å². The minimum Gasteiger partial charge on any atom is -0.497 e. The van der Waals surface area contributed by atoms with E-state index in [-0.39, 0.29) is 5.91 Å². The van der Waals surface area contributed by atoms with E-state index < -0.39 is 0 Å². The Hall–Kier alpha value is -3.60. The van der Waals surface area contributed by atoms with E-state index >= 15 is 0 Å². The predicted octanol–water partition coefficient (Wildman–Crippen LogP) is 5.06. The van der Waals surface area contributed by atoms with Crippen LogP contribution in [0.4, 0.5) is 5.69 Å². The fourth-order valence-electron chi connectivity index (χ4n) is 2.85. The maximum atomic E-state index is 12.3. The van der Waals surface area contributed by atoms with Crippen LogP contribution in [0.2, 0.25) is 0 Å². The standard InChI is InChI=1S/C22H18N2O3/c1-14-4-3-5-19-20(14)24-22(27-19)16-6-10-17(11-7-16)23-21(25)15-8-12-18(26-2)13-9-15/h3-13H,1-2H3,(H,23,25). The van der Waals surface area contributed by atoms with Crippen LogP contribution in [0.1, 0.15) is 15.9 Å². The lowest BCUT2D eigenvalue weighted by atomic mass is 10.1. The molecule has 5 nitrogen and oxygen atoms in total. The molecule has 27 heavy (non-hydrogen) atoms. The summed E-state index contributed by atoms with van der Waals surface area (Å²) in [5.41, 5.74) is 4.83. The van der Waals surface area contributed by atoms with Gasteiger partial charge in [-0.2, -0.15) is 0 Å². The molecule has 0 aliphatic rings. The maximum absolute atomic E-state index is 12.3. The first-order valence-corrected chi connectivity index (χ1v) is 8.56. The smallest absolute Gasteiger partial charge is 0.255 e. The summed E-state index contributed by atoms with van der Waals surface area (Å²) in [5, 5.41) is 2.88. The van der Waals surface area contributed by atoms with Crippen LogP contribution in [0.25, 0.3) is 22.6 Å². The molecule has 0 saturated heterocycles. The van der Waals surface area contributed by atoms with Crippen molar-refractivity contribution in [3.05, 3.63) is 77.9 Å². The zero-order chi connectivity index (χ0) is 18.8. The van der Waals surface area contributed by atoms with Crippen LogP contribution in [0.5, 0.6) is 5.75 Å². The summed E-state index contributed by atoms with van der Waals surface area (Å²) in [4.78, 5) is 16.9. The normalized spacial score (nSPS) is 10.7. The highest BCUT2D eigenvalue weighted by atomic mass is 16.5. The van der Waals surface area contributed by atoms with Crippen LogP contribution in [0, 0.1) is 6.92 Å². The lowest BCUT2D eigenvalue weighted by Crippen LogP contribution is -2.11. The molecule has 134 valence electrons. The average Bonchev–Trinajstić information content (AvgIpc) is 3.14. The number of nitrogens with zero attached hydrogens (tertiary/aromatic N) is 1. The van der Waals surface area contributed by atoms with Gasteiger partial charge in [-0.25, -0.2) is 4.98 Å². The second kappa shape index (κ2) is 6.96. The summed E-state index contributed by atoms with van der Waals surface area (Å²) in [6, 6.07) is 20.2. The van der Waals surface area contributed by atoms with Gasteiger partial charge in [0.1, 0.15) is 11.3 Å². The predicted molar refractivity (Wildman–Crippen MR) is 105 cm³/mol. The Balaban J connectivity index is 1.52. The van der Waals surface area contributed by atoms with Crippen LogP contribution in [0.3, 0.4) is 0 Å². The van der Waals surface area contributed by atoms with Gasteiger partial charge in [0.05, 0.1) is 7.11 Å². The number of aromatic nitrogens is 1. The van der Waals surface area contributed by atoms with E-state index in [0.717, 1.165) is 22.2 Å². The number of oxazole rings is 1. The van der Waals surface area contributed by atoms with Gasteiger partial charge in [0, 0.05) is 16.8 Å². The number of para-hydroxylation sites is 1. The Morgan fingerprint density at radius 1 is 1.00 bits per heavy atom. The number of methoxy groups -OCH3 is 1. The average molecular weight is 358 g/mol. The number of nitrogens with one attached hydrogen (secondary N) is 1. The van der Waals surface area contributed by atoms with Gasteiger partial charge in [0.25, 0.3) is 5.91 Å². The molecule has 0 radical (unpaired) electrons. The van der Waals surface area contributed by atoms with Crippen molar-refractivity contribution in [2.75, 3.05) is 12.4 Å². The van der Waals surface area contributed by atoms with Crippen molar-refractivity contribution in [3.63, 3.8) is 0 Å². The van der Waals surface area contributed by atoms with Gasteiger partial charge in [-0.05, 0) is 67.1 Å². The number of aryl methyl sites for hydroxylation is 1. The molecule has 4 aromatic rings. The molecule has 1 aromatic heterocycles. The Morgan fingerprint density at radius 2 is 1.74 bits per heavy atom. The van der Waals surface area contributed by atoms with Gasteiger partial charge in [0.15, 0.2) is 5.58 Å². The molecule has 1 heterocycles. The molecule has 0 bridgehead atoms. The highest BCUT2D eigenvalue weighted by Gasteiger charge is 2.11. The Kier molecular flexibility index (Phi) is 4.34. The van der Waals surface area contributed by atoms with E-state index in [0.29, 0.717) is 22.9 Å². The molecule has 1 N–H and O–H groups in total. The van der Waals surface area contributed by atoms with Crippen LogP contribution >= 0.6 is 0 Å². The van der Waals surface area contributed by atoms with E-state index in [1.807, 2.05) is 49.4 Å². The zero-order valence-electron chi connectivity index (χ0n) is 15.0. The second-order valence-electron chi connectivity index (χ2n) is 6.20. The number of ether oxygens (including phenoxy) is 1. The molecule has 4 rings (SSSR count). The molecule has 0 atom stereocenters. The highest BCUT2D eigenvalue weighted by molar-refractivity contribution is 6.04. The fourth-order valence-corrected chi connectivity index (χ4v) is 2.85. The van der Waals surface area contributed by atoms with Crippen LogP contribution in [-0.4, -0.2) is 18.0 Å². The van der Waals surface area contributed by atoms with Crippen LogP contribution in [-0.2, 0) is 0 Å². The summed E-state index contributed by atoms with van der Waals surface area (Å²) in [6.45, 7) is 2.01. The van der Waals surface area contributed by atoms with E-state index in [2.05, 4.69) is 10.3 Å². The summed E-state index contributed by atoms with van der Waals surface area (Å²) >= 11 is 0. The van der Waals surface area contributed by atoms with Gasteiger partial charge in [-0.3, -0.25) is 4.79 Å². The number of hydrogen-bond donors (Lipinski definition) is 1. The molecule has 5 heteroatoms. The number of rotatable bonds is 4. The van der Waals surface area contributed by atoms with Crippen molar-refractivity contribution in [2.24, 2.45) is 0 Å². The van der Waals surface area contributed by atoms with Gasteiger partial charge in [-0.1, -0.05) is 12.1 Å². The van der Waals surface area contributed by atoms with Crippen molar-refractivity contribution in [1.29, 1.82) is 0 Å². The number of hydrogen-bond acceptors (Lipinski definition) is 4. The Morgan fingerprint density at radius 3 is 2.41 bits per heavy atom. The molecule has 1 amide bonds. The third-order valence-electron chi connectivity index (χ3n) is 4.36. The first-order valence-electron chi connectivity index (χ1n) is 8.56. The molecular weight excluding hydrogens is 340 g/mol. The minimum absolute atomic E-state index is 0.178. The molecule has 0 unspecified atom stereocenters. The van der Waals surface area contributed by atoms with Crippen molar-refractivity contribution in [1.82, 2.24) is 4.98 Å². The first-order chi connectivity index (χ1) is 13.1. The largest absolute Gasteiger partial charge is 0.497 e. The number of carbonyl (C=O) groups is 1. The summed E-state index contributed by atoms with van der Waals surface area (Å²) in [6.07, 6.45) is 0. The zero-order valence-corrected chi connectivity index (χ0v) is 15.0. The van der Waals surface area contributed by atoms with Crippen molar-refractivity contribution in [3.8, 4) is 17.2 Å². The first kappa shape index (κ1) is 16.8. The van der Waals surface area contributed by atoms with Gasteiger partial charge >= 0.3 is 0 Å². The van der Waals surface area contributed by atoms with Gasteiger partial charge in [-0.15, -0.1) is 0 Å². The van der Waals surface area contributed by atoms with Gasteiger partial charge < -0.3 is 14.5 Å². The molecule has 0 aliphatic carbocycles. The highest BCUT2D eigenvalue weighted by Crippen LogP contribution is 2.27. The summed E-state index contributed by atoms with van der Waals surface area (Å²) in [7, 11) is 1.59. The van der Waals surface area contributed by atoms with Crippen LogP contribution < -0.4 is 10.1 Å². The van der Waals surface area contributed by atoms with Gasteiger partial charge in [0.2, 0.25) is 5.89 Å². The summed E-state index contributed by atoms with van der Waals surface area (Å²) < 4.78 is 10.9. The fraction of sp³-hybridized carbons (Fsp3) is 0.0909. The molecule has 0 fully saturated rings. The third kappa shape index (κ3) is 3.40. The quantitative estimate of drug-likeness (QED) is 0.553. The number of carbonyl (C=O) groups excluding carboxylic acids is 1. The van der Waals surface area contributed by atoms with Crippen molar-refractivity contribution < 1.29 is 13.9 Å². The van der Waals surface area contributed by atoms with Crippen molar-refractivity contribution in [2.45, 2.75) is 6.92 Å². The molecule has 0 saturated carbocycles. The number of benzene rings is 3. The minimum atomic E-state index is -0.178. The molecular formula is C22H18N2O3. The lowest BCUT2D eigenvalue weighted by Gasteiger charge is -2.06. The Bertz CT molecular complexity index is 1100. The molecule has 0 spiro atoms. The number of fused-ring (bicyclic) bond motifs is 1. The maximum Gasteiger partial charge on any atom is 0.255 e. The molecule has 0 aliphatic heterocycles. The molecule has 3 aromatic carbocycles. The van der Waals surface area contributed by atoms with E-state index in [1.54, 1.807) is 31.4 Å². The topological polar surface area (TPSA) is 64.4 Å². The van der Waals surface area contributed by atoms with E-state index in [9.17, 15) is 4.79 Å². The monoisotopic (exact) mass is 358 g/mol. The van der Waals surface area contributed by atoms with Crippen LogP contribution in [0.15, 0.2) is 71.1 Å². The SMILES string of the molecule is COc1ccc(C(=O)Nc2ccc(-c3nc4c(C)cccc4o3)cc2)cc1. The van der Waals surface area contributed by atoms with E-state index in [1.165, 1.54) is 0 Å². The second-order valence-corrected chi connectivity index (χ2v) is 6.20. The van der Waals surface area contributed by atoms with E-state index in [4.69, 9.17) is 9.15 Å². The number of amides is 1. The summed E-state index contributed by atoms with van der Waals surface area (Å²) in [5.74, 6) is 1.10. The number of anilines is 1. The van der Waals surface area contributed by atoms with Crippen molar-refractivity contribution >= 4 is 22.7 Å². The lowest BCUT2D eigenvalue weighted by molar-refractivity contribution is 0.102. The third-order valence-corrected chi connectivity index (χ3v) is 4.36.